The molecule has 0 unspecified atom stereocenters. The molecule has 2 aromatic rings. The van der Waals surface area contributed by atoms with Gasteiger partial charge < -0.3 is 42.8 Å². The predicted molar refractivity (Wildman–Crippen MR) is 190 cm³/mol. The predicted octanol–water partition coefficient (Wildman–Crippen LogP) is 6.65. The Morgan fingerprint density at radius 2 is 1.02 bits per heavy atom. The Morgan fingerprint density at radius 1 is 0.531 bits per heavy atom. The number of anilines is 1. The van der Waals surface area contributed by atoms with E-state index in [9.17, 15) is 9.59 Å². The van der Waals surface area contributed by atoms with Gasteiger partial charge in [-0.15, -0.1) is 0 Å². The van der Waals surface area contributed by atoms with Crippen LogP contribution in [0.1, 0.15) is 71.1 Å². The van der Waals surface area contributed by atoms with E-state index in [-0.39, 0.29) is 19.7 Å². The summed E-state index contributed by atoms with van der Waals surface area (Å²) in [4.78, 5) is 25.7. The molecular formula is C38H59NO10. The molecule has 276 valence electrons. The SMILES string of the molecule is CCOCCOCCOCCOc1cc(N(CC(=O)OC)CC(=O)OC)ccc1OCCCCCCCCCCCCOc1ccccc1. The van der Waals surface area contributed by atoms with Crippen molar-refractivity contribution < 1.29 is 47.5 Å². The smallest absolute Gasteiger partial charge is 0.325 e. The zero-order chi connectivity index (χ0) is 35.2. The van der Waals surface area contributed by atoms with Gasteiger partial charge in [0.15, 0.2) is 11.5 Å². The fourth-order valence-electron chi connectivity index (χ4n) is 4.91. The van der Waals surface area contributed by atoms with Gasteiger partial charge in [0.1, 0.15) is 25.4 Å². The Balaban J connectivity index is 1.72. The minimum atomic E-state index is -0.479. The van der Waals surface area contributed by atoms with Crippen LogP contribution in [0.25, 0.3) is 0 Å². The quantitative estimate of drug-likeness (QED) is 0.0627. The second kappa shape index (κ2) is 28.3. The molecule has 0 N–H and O–H groups in total. The number of hydrogen-bond acceptors (Lipinski definition) is 11. The molecule has 0 saturated heterocycles. The summed E-state index contributed by atoms with van der Waals surface area (Å²) in [6.45, 7) is 6.36. The first-order chi connectivity index (χ1) is 24.1. The van der Waals surface area contributed by atoms with E-state index in [0.29, 0.717) is 63.4 Å². The molecular weight excluding hydrogens is 630 g/mol. The summed E-state index contributed by atoms with van der Waals surface area (Å²) in [6, 6.07) is 15.3. The lowest BCUT2D eigenvalue weighted by molar-refractivity contribution is -0.140. The van der Waals surface area contributed by atoms with Crippen molar-refractivity contribution in [2.24, 2.45) is 0 Å². The monoisotopic (exact) mass is 689 g/mol. The fraction of sp³-hybridized carbons (Fsp3) is 0.632. The van der Waals surface area contributed by atoms with Crippen LogP contribution in [-0.4, -0.2) is 98.7 Å². The van der Waals surface area contributed by atoms with Gasteiger partial charge in [-0.1, -0.05) is 69.6 Å². The molecule has 0 fully saturated rings. The molecule has 0 bridgehead atoms. The Labute approximate surface area is 293 Å². The van der Waals surface area contributed by atoms with Gasteiger partial charge in [0, 0.05) is 18.4 Å². The summed E-state index contributed by atoms with van der Waals surface area (Å²) in [6.07, 6.45) is 11.8. The highest BCUT2D eigenvalue weighted by Crippen LogP contribution is 2.32. The third-order valence-corrected chi connectivity index (χ3v) is 7.63. The van der Waals surface area contributed by atoms with Crippen LogP contribution in [0, 0.1) is 0 Å². The lowest BCUT2D eigenvalue weighted by atomic mass is 10.1. The summed E-state index contributed by atoms with van der Waals surface area (Å²) in [5.41, 5.74) is 0.599. The fourth-order valence-corrected chi connectivity index (χ4v) is 4.91. The van der Waals surface area contributed by atoms with E-state index in [4.69, 9.17) is 37.9 Å². The van der Waals surface area contributed by atoms with Crippen molar-refractivity contribution in [2.45, 2.75) is 71.1 Å². The van der Waals surface area contributed by atoms with E-state index >= 15 is 0 Å². The van der Waals surface area contributed by atoms with Crippen molar-refractivity contribution in [3.8, 4) is 17.2 Å². The summed E-state index contributed by atoms with van der Waals surface area (Å²) >= 11 is 0. The molecule has 0 spiro atoms. The van der Waals surface area contributed by atoms with Crippen LogP contribution in [0.5, 0.6) is 17.2 Å². The van der Waals surface area contributed by atoms with Gasteiger partial charge in [0.2, 0.25) is 0 Å². The normalized spacial score (nSPS) is 10.8. The molecule has 0 amide bonds. The molecule has 0 saturated carbocycles. The third kappa shape index (κ3) is 20.5. The number of carbonyl (C=O) groups excluding carboxylic acids is 2. The zero-order valence-electron chi connectivity index (χ0n) is 30.0. The second-order valence-corrected chi connectivity index (χ2v) is 11.5. The number of unbranched alkanes of at least 4 members (excludes halogenated alkanes) is 9. The van der Waals surface area contributed by atoms with E-state index in [0.717, 1.165) is 31.6 Å². The molecule has 2 rings (SSSR count). The van der Waals surface area contributed by atoms with Gasteiger partial charge >= 0.3 is 11.9 Å². The average molecular weight is 690 g/mol. The number of ether oxygens (including phenoxy) is 8. The van der Waals surface area contributed by atoms with Crippen molar-refractivity contribution >= 4 is 17.6 Å². The molecule has 49 heavy (non-hydrogen) atoms. The van der Waals surface area contributed by atoms with Gasteiger partial charge in [-0.3, -0.25) is 9.59 Å². The highest BCUT2D eigenvalue weighted by molar-refractivity contribution is 5.81. The summed E-state index contributed by atoms with van der Waals surface area (Å²) < 4.78 is 44.0. The number of hydrogen-bond donors (Lipinski definition) is 0. The summed E-state index contributed by atoms with van der Waals surface area (Å²) in [5.74, 6) is 1.08. The van der Waals surface area contributed by atoms with Gasteiger partial charge in [0.25, 0.3) is 0 Å². The number of para-hydroxylation sites is 1. The van der Waals surface area contributed by atoms with Crippen LogP contribution in [0.2, 0.25) is 0 Å². The van der Waals surface area contributed by atoms with E-state index in [2.05, 4.69) is 0 Å². The second-order valence-electron chi connectivity index (χ2n) is 11.5. The van der Waals surface area contributed by atoms with Crippen LogP contribution < -0.4 is 19.1 Å². The maximum Gasteiger partial charge on any atom is 0.325 e. The van der Waals surface area contributed by atoms with Crippen molar-refractivity contribution in [2.75, 3.05) is 91.7 Å². The largest absolute Gasteiger partial charge is 0.494 e. The summed E-state index contributed by atoms with van der Waals surface area (Å²) in [5, 5.41) is 0. The maximum absolute atomic E-state index is 12.1. The van der Waals surface area contributed by atoms with E-state index in [1.165, 1.54) is 59.2 Å². The van der Waals surface area contributed by atoms with Crippen LogP contribution in [0.15, 0.2) is 48.5 Å². The Kier molecular flexibility index (Phi) is 24.1. The Morgan fingerprint density at radius 3 is 1.57 bits per heavy atom. The standard InChI is InChI=1S/C38H59NO10/c1-4-44-24-25-45-26-27-46-28-29-49-36-30-33(39(31-37(40)42-2)32-38(41)43-3)20-21-35(36)48-23-17-12-10-8-6-5-7-9-11-16-22-47-34-18-14-13-15-19-34/h13-15,18-21,30H,4-12,16-17,22-29,31-32H2,1-3H3. The first-order valence-corrected chi connectivity index (χ1v) is 17.8. The lowest BCUT2D eigenvalue weighted by Crippen LogP contribution is -2.35. The number of esters is 2. The minimum Gasteiger partial charge on any atom is -0.494 e. The van der Waals surface area contributed by atoms with Crippen molar-refractivity contribution in [1.29, 1.82) is 0 Å². The van der Waals surface area contributed by atoms with E-state index < -0.39 is 11.9 Å². The lowest BCUT2D eigenvalue weighted by Gasteiger charge is -2.23. The number of carbonyl (C=O) groups is 2. The van der Waals surface area contributed by atoms with E-state index in [1.54, 1.807) is 23.1 Å². The molecule has 0 aliphatic carbocycles. The maximum atomic E-state index is 12.1. The molecule has 0 aliphatic rings. The van der Waals surface area contributed by atoms with Crippen LogP contribution in [0.4, 0.5) is 5.69 Å². The molecule has 11 nitrogen and oxygen atoms in total. The van der Waals surface area contributed by atoms with E-state index in [1.807, 2.05) is 37.3 Å². The third-order valence-electron chi connectivity index (χ3n) is 7.63. The first kappa shape index (κ1) is 41.6. The molecule has 0 heterocycles. The highest BCUT2D eigenvalue weighted by Gasteiger charge is 2.18. The highest BCUT2D eigenvalue weighted by atomic mass is 16.6. The van der Waals surface area contributed by atoms with Crippen molar-refractivity contribution in [3.63, 3.8) is 0 Å². The topological polar surface area (TPSA) is 111 Å². The molecule has 0 aromatic heterocycles. The van der Waals surface area contributed by atoms with Crippen molar-refractivity contribution in [3.05, 3.63) is 48.5 Å². The Hall–Kier alpha value is -3.54. The first-order valence-electron chi connectivity index (χ1n) is 17.8. The van der Waals surface area contributed by atoms with Gasteiger partial charge in [-0.05, 0) is 44.0 Å². The zero-order valence-corrected chi connectivity index (χ0v) is 30.0. The molecule has 0 aliphatic heterocycles. The summed E-state index contributed by atoms with van der Waals surface area (Å²) in [7, 11) is 2.61. The molecule has 0 radical (unpaired) electrons. The van der Waals surface area contributed by atoms with Gasteiger partial charge in [-0.2, -0.15) is 0 Å². The number of methoxy groups -OCH3 is 2. The average Bonchev–Trinajstić information content (AvgIpc) is 3.12. The minimum absolute atomic E-state index is 0.124. The Bertz CT molecular complexity index is 1100. The van der Waals surface area contributed by atoms with Crippen LogP contribution >= 0.6 is 0 Å². The van der Waals surface area contributed by atoms with Crippen molar-refractivity contribution in [1.82, 2.24) is 0 Å². The molecule has 2 aromatic carbocycles. The number of benzene rings is 2. The number of nitrogens with zero attached hydrogens (tertiary/aromatic N) is 1. The van der Waals surface area contributed by atoms with Gasteiger partial charge in [0.05, 0.1) is 60.5 Å². The molecule has 11 heteroatoms. The number of rotatable bonds is 31. The molecule has 0 atom stereocenters. The van der Waals surface area contributed by atoms with Gasteiger partial charge in [-0.25, -0.2) is 0 Å². The van der Waals surface area contributed by atoms with Crippen LogP contribution in [0.3, 0.4) is 0 Å². The van der Waals surface area contributed by atoms with Crippen LogP contribution in [-0.2, 0) is 33.3 Å².